The fourth-order valence-corrected chi connectivity index (χ4v) is 5.91. The van der Waals surface area contributed by atoms with Crippen LogP contribution in [0.5, 0.6) is 11.5 Å². The van der Waals surface area contributed by atoms with Crippen molar-refractivity contribution in [3.8, 4) is 11.5 Å². The quantitative estimate of drug-likeness (QED) is 0.0993. The zero-order valence-corrected chi connectivity index (χ0v) is 34.1. The molecule has 306 valence electrons. The second kappa shape index (κ2) is 17.9. The van der Waals surface area contributed by atoms with Gasteiger partial charge in [-0.3, -0.25) is 19.2 Å². The van der Waals surface area contributed by atoms with Crippen LogP contribution in [-0.4, -0.2) is 72.2 Å². The fourth-order valence-electron chi connectivity index (χ4n) is 5.91. The number of rotatable bonds is 10. The molecule has 1 aliphatic rings. The van der Waals surface area contributed by atoms with Crippen LogP contribution in [-0.2, 0) is 41.4 Å². The maximum atomic E-state index is 14.3. The Morgan fingerprint density at radius 1 is 0.772 bits per heavy atom. The molecule has 0 aromatic heterocycles. The van der Waals surface area contributed by atoms with Crippen molar-refractivity contribution >= 4 is 41.4 Å². The number of aryl methyl sites for hydroxylation is 1. The highest BCUT2D eigenvalue weighted by atomic mass is 16.6. The lowest BCUT2D eigenvalue weighted by Gasteiger charge is -2.25. The largest absolute Gasteiger partial charge is 0.489 e. The molecule has 14 nitrogen and oxygen atoms in total. The molecule has 3 aromatic rings. The van der Waals surface area contributed by atoms with Crippen LogP contribution in [0, 0.1) is 0 Å². The van der Waals surface area contributed by atoms with Crippen LogP contribution in [0.3, 0.4) is 0 Å². The first kappa shape index (κ1) is 43.8. The van der Waals surface area contributed by atoms with Gasteiger partial charge in [-0.15, -0.1) is 0 Å². The molecule has 0 radical (unpaired) electrons. The van der Waals surface area contributed by atoms with Gasteiger partial charge in [0.15, 0.2) is 11.5 Å². The van der Waals surface area contributed by atoms with Crippen LogP contribution < -0.4 is 25.8 Å². The first-order valence-corrected chi connectivity index (χ1v) is 18.7. The molecule has 1 heterocycles. The minimum atomic E-state index is -1.20. The van der Waals surface area contributed by atoms with E-state index in [2.05, 4.69) is 10.6 Å². The molecule has 0 saturated carbocycles. The summed E-state index contributed by atoms with van der Waals surface area (Å²) in [6, 6.07) is 14.2. The minimum absolute atomic E-state index is 0.0576. The Balaban J connectivity index is 1.86. The van der Waals surface area contributed by atoms with Gasteiger partial charge >= 0.3 is 23.9 Å². The summed E-state index contributed by atoms with van der Waals surface area (Å²) in [5, 5.41) is 5.18. The Morgan fingerprint density at radius 3 is 2.04 bits per heavy atom. The first-order valence-electron chi connectivity index (χ1n) is 18.7. The van der Waals surface area contributed by atoms with Gasteiger partial charge in [0.05, 0.1) is 29.2 Å². The van der Waals surface area contributed by atoms with Crippen molar-refractivity contribution in [2.24, 2.45) is 0 Å². The number of nitrogen functional groups attached to an aromatic ring is 1. The molecular weight excluding hydrogens is 734 g/mol. The summed E-state index contributed by atoms with van der Waals surface area (Å²) in [5.74, 6) is -5.70. The summed E-state index contributed by atoms with van der Waals surface area (Å²) in [6.07, 6.45) is 0.732. The SMILES string of the molecule is CC(C)(C)OC(=O)CNC(=O)c1ccc(C(Cc2cccc(C(=O)OC(C)(C)C)c2)C(=O)NCC(=O)OC(C)(C)C)c2c1OCCCc1cc(N)ccc1C(=O)O2. The summed E-state index contributed by atoms with van der Waals surface area (Å²) in [5.41, 5.74) is 5.77. The average molecular weight is 788 g/mol. The molecule has 4 N–H and O–H groups in total. The number of nitrogens with one attached hydrogen (secondary N) is 2. The summed E-state index contributed by atoms with van der Waals surface area (Å²) in [4.78, 5) is 80.3. The van der Waals surface area contributed by atoms with E-state index >= 15 is 0 Å². The predicted molar refractivity (Wildman–Crippen MR) is 211 cm³/mol. The minimum Gasteiger partial charge on any atom is -0.489 e. The van der Waals surface area contributed by atoms with Crippen LogP contribution in [0.1, 0.15) is 122 Å². The van der Waals surface area contributed by atoms with Gasteiger partial charge in [0, 0.05) is 11.3 Å². The van der Waals surface area contributed by atoms with Crippen LogP contribution in [0.4, 0.5) is 5.69 Å². The van der Waals surface area contributed by atoms with Gasteiger partial charge in [-0.2, -0.15) is 0 Å². The highest BCUT2D eigenvalue weighted by Crippen LogP contribution is 2.42. The highest BCUT2D eigenvalue weighted by Gasteiger charge is 2.33. The number of benzene rings is 3. The summed E-state index contributed by atoms with van der Waals surface area (Å²) in [7, 11) is 0. The lowest BCUT2D eigenvalue weighted by Crippen LogP contribution is -2.38. The number of amides is 2. The molecule has 1 unspecified atom stereocenters. The van der Waals surface area contributed by atoms with Crippen molar-refractivity contribution in [2.75, 3.05) is 25.4 Å². The summed E-state index contributed by atoms with van der Waals surface area (Å²) < 4.78 is 28.6. The van der Waals surface area contributed by atoms with E-state index < -0.39 is 71.5 Å². The van der Waals surface area contributed by atoms with Crippen molar-refractivity contribution in [2.45, 2.75) is 104 Å². The zero-order chi connectivity index (χ0) is 42.3. The number of carbonyl (C=O) groups excluding carboxylic acids is 6. The van der Waals surface area contributed by atoms with Gasteiger partial charge in [-0.1, -0.05) is 18.2 Å². The van der Waals surface area contributed by atoms with E-state index in [4.69, 9.17) is 29.4 Å². The second-order valence-corrected chi connectivity index (χ2v) is 16.7. The molecule has 1 aliphatic heterocycles. The third-order valence-corrected chi connectivity index (χ3v) is 8.10. The van der Waals surface area contributed by atoms with Crippen molar-refractivity contribution in [1.29, 1.82) is 0 Å². The number of ether oxygens (including phenoxy) is 5. The van der Waals surface area contributed by atoms with Crippen LogP contribution >= 0.6 is 0 Å². The lowest BCUT2D eigenvalue weighted by molar-refractivity contribution is -0.155. The second-order valence-electron chi connectivity index (χ2n) is 16.7. The number of anilines is 1. The highest BCUT2D eigenvalue weighted by molar-refractivity contribution is 6.01. The third-order valence-electron chi connectivity index (χ3n) is 8.10. The van der Waals surface area contributed by atoms with Gasteiger partial charge in [0.25, 0.3) is 5.91 Å². The van der Waals surface area contributed by atoms with Gasteiger partial charge in [-0.05, 0) is 129 Å². The van der Waals surface area contributed by atoms with E-state index in [0.29, 0.717) is 29.7 Å². The smallest absolute Gasteiger partial charge is 0.343 e. The van der Waals surface area contributed by atoms with Gasteiger partial charge in [0.2, 0.25) is 5.91 Å². The molecule has 57 heavy (non-hydrogen) atoms. The Hall–Kier alpha value is -5.92. The normalized spacial score (nSPS) is 13.7. The maximum absolute atomic E-state index is 14.3. The Labute approximate surface area is 333 Å². The third kappa shape index (κ3) is 13.1. The van der Waals surface area contributed by atoms with Crippen molar-refractivity contribution in [1.82, 2.24) is 10.6 Å². The predicted octanol–water partition coefficient (Wildman–Crippen LogP) is 5.62. The molecule has 0 saturated heterocycles. The topological polar surface area (TPSA) is 199 Å². The van der Waals surface area contributed by atoms with Crippen LogP contribution in [0.2, 0.25) is 0 Å². The van der Waals surface area contributed by atoms with Gasteiger partial charge in [-0.25, -0.2) is 9.59 Å². The monoisotopic (exact) mass is 787 g/mol. The Bertz CT molecular complexity index is 2020. The molecule has 2 amide bonds. The lowest BCUT2D eigenvalue weighted by atomic mass is 9.88. The standard InChI is InChI=1S/C43H53N3O11/c1-41(2,3)55-33(47)23-45-37(49)31-18-17-30(36-35(31)53-19-11-14-26-22-28(44)15-16-29(26)40(52)54-36)32(38(50)46-24-34(48)56-42(4,5)6)21-25-12-10-13-27(20-25)39(51)57-43(7,8)9/h10,12-13,15-18,20,22,32H,11,14,19,21,23-24,44H2,1-9H3,(H,45,49)(H,46,50). The zero-order valence-electron chi connectivity index (χ0n) is 34.1. The summed E-state index contributed by atoms with van der Waals surface area (Å²) in [6.45, 7) is 14.5. The van der Waals surface area contributed by atoms with E-state index in [9.17, 15) is 28.8 Å². The molecule has 4 rings (SSSR count). The molecule has 0 aliphatic carbocycles. The van der Waals surface area contributed by atoms with Gasteiger partial charge in [0.1, 0.15) is 29.9 Å². The summed E-state index contributed by atoms with van der Waals surface area (Å²) >= 11 is 0. The number of nitrogens with two attached hydrogens (primary N) is 1. The molecule has 0 bridgehead atoms. The number of esters is 4. The molecule has 3 aromatic carbocycles. The van der Waals surface area contributed by atoms with E-state index in [0.717, 1.165) is 0 Å². The van der Waals surface area contributed by atoms with E-state index in [1.54, 1.807) is 105 Å². The number of hydrogen-bond acceptors (Lipinski definition) is 12. The van der Waals surface area contributed by atoms with E-state index in [1.165, 1.54) is 12.1 Å². The average Bonchev–Trinajstić information content (AvgIpc) is 3.08. The molecular formula is C43H53N3O11. The Morgan fingerprint density at radius 2 is 1.40 bits per heavy atom. The van der Waals surface area contributed by atoms with Crippen molar-refractivity contribution in [3.63, 3.8) is 0 Å². The van der Waals surface area contributed by atoms with E-state index in [1.807, 2.05) is 0 Å². The van der Waals surface area contributed by atoms with Crippen LogP contribution in [0.15, 0.2) is 54.6 Å². The van der Waals surface area contributed by atoms with E-state index in [-0.39, 0.29) is 46.8 Å². The van der Waals surface area contributed by atoms with Gasteiger partial charge < -0.3 is 40.1 Å². The van der Waals surface area contributed by atoms with Crippen LogP contribution in [0.25, 0.3) is 0 Å². The first-order chi connectivity index (χ1) is 26.5. The number of fused-ring (bicyclic) bond motifs is 2. The molecule has 14 heteroatoms. The van der Waals surface area contributed by atoms with Crippen molar-refractivity contribution < 1.29 is 52.5 Å². The molecule has 0 spiro atoms. The fraction of sp³-hybridized carbons (Fsp3) is 0.442. The molecule has 1 atom stereocenters. The Kier molecular flexibility index (Phi) is 13.8. The molecule has 0 fully saturated rings. The number of carbonyl (C=O) groups is 6. The number of hydrogen-bond donors (Lipinski definition) is 3. The van der Waals surface area contributed by atoms with Crippen molar-refractivity contribution in [3.05, 3.63) is 88.0 Å². The maximum Gasteiger partial charge on any atom is 0.343 e.